The lowest BCUT2D eigenvalue weighted by Gasteiger charge is -2.21. The van der Waals surface area contributed by atoms with E-state index in [1.54, 1.807) is 38.1 Å². The number of benzene rings is 1. The number of nitrogens with two attached hydrogens (primary N) is 1. The Hall–Kier alpha value is -1.07. The van der Waals surface area contributed by atoms with Gasteiger partial charge in [-0.2, -0.15) is 0 Å². The van der Waals surface area contributed by atoms with Gasteiger partial charge >= 0.3 is 0 Å². The van der Waals surface area contributed by atoms with Gasteiger partial charge in [-0.3, -0.25) is 0 Å². The summed E-state index contributed by atoms with van der Waals surface area (Å²) in [6.45, 7) is 3.35. The molecule has 0 aliphatic heterocycles. The smallest absolute Gasteiger partial charge is 0.155 e. The first-order valence-corrected chi connectivity index (χ1v) is 7.39. The molecule has 5 heteroatoms. The topological polar surface area (TPSA) is 80.4 Å². The highest BCUT2D eigenvalue weighted by Crippen LogP contribution is 2.25. The second kappa shape index (κ2) is 5.51. The average molecular weight is 257 g/mol. The van der Waals surface area contributed by atoms with Gasteiger partial charge in [-0.1, -0.05) is 26.0 Å². The van der Waals surface area contributed by atoms with E-state index >= 15 is 0 Å². The Morgan fingerprint density at radius 2 is 1.76 bits per heavy atom. The molecule has 0 aliphatic rings. The third-order valence-electron chi connectivity index (χ3n) is 2.90. The van der Waals surface area contributed by atoms with Gasteiger partial charge < -0.3 is 10.8 Å². The maximum absolute atomic E-state index is 11.8. The Balaban J connectivity index is 3.02. The predicted octanol–water partition coefficient (Wildman–Crippen LogP) is 1.52. The Morgan fingerprint density at radius 3 is 2.18 bits per heavy atom. The van der Waals surface area contributed by atoms with Gasteiger partial charge in [0.15, 0.2) is 9.84 Å². The zero-order valence-corrected chi connectivity index (χ0v) is 10.9. The van der Waals surface area contributed by atoms with Crippen molar-refractivity contribution >= 4 is 15.5 Å². The number of anilines is 1. The van der Waals surface area contributed by atoms with Crippen molar-refractivity contribution in [1.82, 2.24) is 0 Å². The van der Waals surface area contributed by atoms with Crippen molar-refractivity contribution in [2.24, 2.45) is 0 Å². The zero-order chi connectivity index (χ0) is 13.1. The number of rotatable bonds is 5. The van der Waals surface area contributed by atoms with Crippen LogP contribution in [-0.4, -0.2) is 24.5 Å². The summed E-state index contributed by atoms with van der Waals surface area (Å²) < 4.78 is 23.7. The van der Waals surface area contributed by atoms with E-state index in [0.717, 1.165) is 0 Å². The van der Waals surface area contributed by atoms with Crippen molar-refractivity contribution < 1.29 is 13.5 Å². The molecular formula is C12H19NO3S. The molecule has 0 spiro atoms. The summed E-state index contributed by atoms with van der Waals surface area (Å²) in [5, 5.41) is 9.36. The van der Waals surface area contributed by atoms with Crippen molar-refractivity contribution in [1.29, 1.82) is 0 Å². The van der Waals surface area contributed by atoms with Gasteiger partial charge in [-0.25, -0.2) is 8.42 Å². The van der Waals surface area contributed by atoms with E-state index < -0.39 is 21.2 Å². The van der Waals surface area contributed by atoms with Crippen LogP contribution in [-0.2, 0) is 9.84 Å². The standard InChI is InChI=1S/C12H19NO3S/c1-3-11(17(15,16)4-2)12(14)9-5-7-10(13)8-6-9/h5-8,11-12,14H,3-4,13H2,1-2H3. The molecule has 1 aromatic rings. The summed E-state index contributed by atoms with van der Waals surface area (Å²) >= 11 is 0. The van der Waals surface area contributed by atoms with Crippen LogP contribution < -0.4 is 5.73 Å². The SMILES string of the molecule is CCC(C(O)c1ccc(N)cc1)S(=O)(=O)CC. The van der Waals surface area contributed by atoms with E-state index in [4.69, 9.17) is 5.73 Å². The fraction of sp³-hybridized carbons (Fsp3) is 0.500. The highest BCUT2D eigenvalue weighted by molar-refractivity contribution is 7.92. The van der Waals surface area contributed by atoms with Crippen LogP contribution in [0.2, 0.25) is 0 Å². The molecule has 0 bridgehead atoms. The molecule has 96 valence electrons. The lowest BCUT2D eigenvalue weighted by atomic mass is 10.0. The van der Waals surface area contributed by atoms with E-state index in [1.807, 2.05) is 0 Å². The van der Waals surface area contributed by atoms with Crippen LogP contribution in [0.25, 0.3) is 0 Å². The third-order valence-corrected chi connectivity index (χ3v) is 5.21. The van der Waals surface area contributed by atoms with Gasteiger partial charge in [-0.15, -0.1) is 0 Å². The third kappa shape index (κ3) is 3.20. The molecule has 17 heavy (non-hydrogen) atoms. The molecule has 0 aromatic heterocycles. The summed E-state index contributed by atoms with van der Waals surface area (Å²) in [4.78, 5) is 0. The predicted molar refractivity (Wildman–Crippen MR) is 69.4 cm³/mol. The summed E-state index contributed by atoms with van der Waals surface area (Å²) in [6.07, 6.45) is -0.604. The Morgan fingerprint density at radius 1 is 1.24 bits per heavy atom. The van der Waals surface area contributed by atoms with Crippen LogP contribution in [0.15, 0.2) is 24.3 Å². The van der Waals surface area contributed by atoms with Gasteiger partial charge in [-0.05, 0) is 24.1 Å². The van der Waals surface area contributed by atoms with Crippen molar-refractivity contribution in [2.45, 2.75) is 31.6 Å². The molecule has 4 nitrogen and oxygen atoms in total. The van der Waals surface area contributed by atoms with E-state index in [1.165, 1.54) is 0 Å². The molecule has 0 saturated heterocycles. The fourth-order valence-corrected chi connectivity index (χ4v) is 3.28. The van der Waals surface area contributed by atoms with E-state index in [-0.39, 0.29) is 5.75 Å². The van der Waals surface area contributed by atoms with Crippen molar-refractivity contribution in [3.05, 3.63) is 29.8 Å². The van der Waals surface area contributed by atoms with Crippen LogP contribution in [0, 0.1) is 0 Å². The summed E-state index contributed by atoms with van der Waals surface area (Å²) in [5.74, 6) is 0.0392. The van der Waals surface area contributed by atoms with Crippen LogP contribution in [0.4, 0.5) is 5.69 Å². The summed E-state index contributed by atoms with van der Waals surface area (Å²) in [6, 6.07) is 6.63. The molecular weight excluding hydrogens is 238 g/mol. The van der Waals surface area contributed by atoms with E-state index in [9.17, 15) is 13.5 Å². The molecule has 0 aliphatic carbocycles. The highest BCUT2D eigenvalue weighted by atomic mass is 32.2. The number of aliphatic hydroxyl groups is 1. The second-order valence-electron chi connectivity index (χ2n) is 4.01. The number of nitrogen functional groups attached to an aromatic ring is 1. The highest BCUT2D eigenvalue weighted by Gasteiger charge is 2.30. The molecule has 1 rings (SSSR count). The molecule has 0 saturated carbocycles. The van der Waals surface area contributed by atoms with Gasteiger partial charge in [0, 0.05) is 11.4 Å². The Bertz CT molecular complexity index is 453. The van der Waals surface area contributed by atoms with E-state index in [0.29, 0.717) is 17.7 Å². The minimum Gasteiger partial charge on any atom is -0.399 e. The first-order chi connectivity index (χ1) is 7.92. The first kappa shape index (κ1) is 14.0. The van der Waals surface area contributed by atoms with Crippen LogP contribution in [0.3, 0.4) is 0 Å². The Kier molecular flexibility index (Phi) is 4.54. The minimum absolute atomic E-state index is 0.0392. The minimum atomic E-state index is -3.25. The molecule has 2 atom stereocenters. The lowest BCUT2D eigenvalue weighted by Crippen LogP contribution is -2.29. The number of hydrogen-bond donors (Lipinski definition) is 2. The monoisotopic (exact) mass is 257 g/mol. The van der Waals surface area contributed by atoms with Crippen molar-refractivity contribution in [3.63, 3.8) is 0 Å². The number of hydrogen-bond acceptors (Lipinski definition) is 4. The molecule has 0 heterocycles. The normalized spacial score (nSPS) is 15.5. The van der Waals surface area contributed by atoms with Crippen LogP contribution >= 0.6 is 0 Å². The first-order valence-electron chi connectivity index (χ1n) is 5.67. The largest absolute Gasteiger partial charge is 0.399 e. The van der Waals surface area contributed by atoms with Gasteiger partial charge in [0.25, 0.3) is 0 Å². The molecule has 0 fully saturated rings. The maximum Gasteiger partial charge on any atom is 0.155 e. The fourth-order valence-electron chi connectivity index (χ4n) is 1.80. The number of sulfone groups is 1. The average Bonchev–Trinajstić information content (AvgIpc) is 2.30. The van der Waals surface area contributed by atoms with Gasteiger partial charge in [0.05, 0.1) is 11.4 Å². The van der Waals surface area contributed by atoms with Crippen molar-refractivity contribution in [2.75, 3.05) is 11.5 Å². The molecule has 3 N–H and O–H groups in total. The lowest BCUT2D eigenvalue weighted by molar-refractivity contribution is 0.169. The molecule has 0 amide bonds. The quantitative estimate of drug-likeness (QED) is 0.784. The second-order valence-corrected chi connectivity index (χ2v) is 6.52. The van der Waals surface area contributed by atoms with Crippen LogP contribution in [0.1, 0.15) is 31.9 Å². The van der Waals surface area contributed by atoms with Crippen LogP contribution in [0.5, 0.6) is 0 Å². The number of aliphatic hydroxyl groups excluding tert-OH is 1. The summed E-state index contributed by atoms with van der Waals surface area (Å²) in [5.41, 5.74) is 6.72. The van der Waals surface area contributed by atoms with Crippen molar-refractivity contribution in [3.8, 4) is 0 Å². The maximum atomic E-state index is 11.8. The molecule has 2 unspecified atom stereocenters. The summed E-state index contributed by atoms with van der Waals surface area (Å²) in [7, 11) is -3.25. The zero-order valence-electron chi connectivity index (χ0n) is 10.1. The molecule has 0 radical (unpaired) electrons. The Labute approximate surface area is 102 Å². The van der Waals surface area contributed by atoms with Gasteiger partial charge in [0.2, 0.25) is 0 Å². The van der Waals surface area contributed by atoms with Gasteiger partial charge in [0.1, 0.15) is 0 Å². The molecule has 1 aromatic carbocycles. The van der Waals surface area contributed by atoms with E-state index in [2.05, 4.69) is 0 Å².